The van der Waals surface area contributed by atoms with Crippen molar-refractivity contribution in [3.8, 4) is 0 Å². The lowest BCUT2D eigenvalue weighted by molar-refractivity contribution is -0.120. The molecule has 0 fully saturated rings. The van der Waals surface area contributed by atoms with Crippen LogP contribution in [0.5, 0.6) is 0 Å². The Hall–Kier alpha value is -0.570. The molecular weight excluding hydrogens is 230 g/mol. The van der Waals surface area contributed by atoms with Crippen LogP contribution in [-0.4, -0.2) is 11.4 Å². The number of hydrogen-bond donors (Lipinski definition) is 1. The van der Waals surface area contributed by atoms with Gasteiger partial charge >= 0.3 is 0 Å². The Kier molecular flexibility index (Phi) is 3.31. The van der Waals surface area contributed by atoms with Gasteiger partial charge in [-0.05, 0) is 18.9 Å². The smallest absolute Gasteiger partial charge is 0.217 e. The van der Waals surface area contributed by atoms with Gasteiger partial charge < -0.3 is 5.32 Å². The fourth-order valence-corrected chi connectivity index (χ4v) is 1.74. The van der Waals surface area contributed by atoms with E-state index in [9.17, 15) is 4.79 Å². The molecule has 1 amide bonds. The molecule has 0 spiro atoms. The highest BCUT2D eigenvalue weighted by Gasteiger charge is 2.26. The molecule has 1 N–H and O–H groups in total. The van der Waals surface area contributed by atoms with Gasteiger partial charge in [0, 0.05) is 11.4 Å². The van der Waals surface area contributed by atoms with Crippen molar-refractivity contribution in [1.82, 2.24) is 5.32 Å². The average molecular weight is 244 g/mol. The van der Waals surface area contributed by atoms with E-state index in [1.54, 1.807) is 6.92 Å². The highest BCUT2D eigenvalue weighted by Crippen LogP contribution is 2.26. The van der Waals surface area contributed by atoms with Crippen LogP contribution in [-0.2, 0) is 4.79 Å². The molecule has 13 heavy (non-hydrogen) atoms. The van der Waals surface area contributed by atoms with E-state index in [2.05, 4.69) is 40.3 Å². The first-order valence-corrected chi connectivity index (χ1v) is 5.21. The average Bonchev–Trinajstić information content (AvgIpc) is 2.09. The van der Waals surface area contributed by atoms with Crippen LogP contribution in [0.4, 0.5) is 0 Å². The number of nitrogens with one attached hydrogen (secondary N) is 1. The van der Waals surface area contributed by atoms with Gasteiger partial charge in [0.2, 0.25) is 5.91 Å². The molecule has 72 valence electrons. The fourth-order valence-electron chi connectivity index (χ4n) is 1.45. The minimum absolute atomic E-state index is 0.0259. The third kappa shape index (κ3) is 2.69. The summed E-state index contributed by atoms with van der Waals surface area (Å²) in [6.45, 7) is 3.63. The summed E-state index contributed by atoms with van der Waals surface area (Å²) >= 11 is 3.40. The SMILES string of the molecule is CCC1(NC(C)=O)C=CC(Br)=CC1. The number of hydrogen-bond acceptors (Lipinski definition) is 1. The van der Waals surface area contributed by atoms with E-state index < -0.39 is 0 Å². The van der Waals surface area contributed by atoms with Crippen LogP contribution < -0.4 is 5.32 Å². The molecule has 0 saturated carbocycles. The first kappa shape index (κ1) is 10.5. The molecule has 0 aliphatic heterocycles. The number of carbonyl (C=O) groups excluding carboxylic acids is 1. The summed E-state index contributed by atoms with van der Waals surface area (Å²) in [5.74, 6) is 0.0259. The molecule has 0 aromatic carbocycles. The van der Waals surface area contributed by atoms with Crippen molar-refractivity contribution in [3.05, 3.63) is 22.7 Å². The Labute approximate surface area is 87.2 Å². The second-order valence-electron chi connectivity index (χ2n) is 3.32. The molecule has 1 aliphatic carbocycles. The van der Waals surface area contributed by atoms with Crippen molar-refractivity contribution in [2.24, 2.45) is 0 Å². The monoisotopic (exact) mass is 243 g/mol. The topological polar surface area (TPSA) is 29.1 Å². The van der Waals surface area contributed by atoms with Crippen LogP contribution in [0, 0.1) is 0 Å². The van der Waals surface area contributed by atoms with Gasteiger partial charge in [-0.2, -0.15) is 0 Å². The highest BCUT2D eigenvalue weighted by atomic mass is 79.9. The molecule has 0 bridgehead atoms. The van der Waals surface area contributed by atoms with Crippen LogP contribution in [0.1, 0.15) is 26.7 Å². The Morgan fingerprint density at radius 2 is 2.46 bits per heavy atom. The molecule has 1 rings (SSSR count). The molecule has 1 unspecified atom stereocenters. The van der Waals surface area contributed by atoms with E-state index in [1.165, 1.54) is 0 Å². The van der Waals surface area contributed by atoms with Crippen molar-refractivity contribution >= 4 is 21.8 Å². The molecule has 3 heteroatoms. The van der Waals surface area contributed by atoms with Gasteiger partial charge in [0.05, 0.1) is 5.54 Å². The summed E-state index contributed by atoms with van der Waals surface area (Å²) in [5, 5.41) is 2.97. The molecule has 1 atom stereocenters. The van der Waals surface area contributed by atoms with E-state index in [-0.39, 0.29) is 11.4 Å². The zero-order chi connectivity index (χ0) is 9.90. The summed E-state index contributed by atoms with van der Waals surface area (Å²) in [4.78, 5) is 11.0. The minimum atomic E-state index is -0.164. The van der Waals surface area contributed by atoms with Crippen molar-refractivity contribution in [1.29, 1.82) is 0 Å². The van der Waals surface area contributed by atoms with E-state index >= 15 is 0 Å². The summed E-state index contributed by atoms with van der Waals surface area (Å²) in [5.41, 5.74) is -0.164. The van der Waals surface area contributed by atoms with Crippen molar-refractivity contribution < 1.29 is 4.79 Å². The van der Waals surface area contributed by atoms with Gasteiger partial charge in [0.25, 0.3) is 0 Å². The maximum absolute atomic E-state index is 11.0. The standard InChI is InChI=1S/C10H14BrNO/c1-3-10(12-8(2)13)6-4-9(11)5-7-10/h4-6H,3,7H2,1-2H3,(H,12,13). The number of amides is 1. The number of carbonyl (C=O) groups is 1. The van der Waals surface area contributed by atoms with Crippen LogP contribution >= 0.6 is 15.9 Å². The zero-order valence-electron chi connectivity index (χ0n) is 7.93. The highest BCUT2D eigenvalue weighted by molar-refractivity contribution is 9.11. The zero-order valence-corrected chi connectivity index (χ0v) is 9.52. The Morgan fingerprint density at radius 1 is 1.77 bits per heavy atom. The summed E-state index contributed by atoms with van der Waals surface area (Å²) < 4.78 is 1.09. The first-order chi connectivity index (χ1) is 6.08. The van der Waals surface area contributed by atoms with Crippen molar-refractivity contribution in [3.63, 3.8) is 0 Å². The van der Waals surface area contributed by atoms with Gasteiger partial charge in [-0.25, -0.2) is 0 Å². The quantitative estimate of drug-likeness (QED) is 0.794. The number of allylic oxidation sites excluding steroid dienone is 2. The molecular formula is C10H14BrNO. The van der Waals surface area contributed by atoms with Crippen LogP contribution in [0.2, 0.25) is 0 Å². The second kappa shape index (κ2) is 4.09. The van der Waals surface area contributed by atoms with Crippen LogP contribution in [0.25, 0.3) is 0 Å². The molecule has 0 aromatic heterocycles. The number of halogens is 1. The minimum Gasteiger partial charge on any atom is -0.347 e. The molecule has 2 nitrogen and oxygen atoms in total. The predicted molar refractivity (Wildman–Crippen MR) is 57.6 cm³/mol. The van der Waals surface area contributed by atoms with Gasteiger partial charge in [-0.3, -0.25) is 4.79 Å². The van der Waals surface area contributed by atoms with Gasteiger partial charge in [0.15, 0.2) is 0 Å². The summed E-state index contributed by atoms with van der Waals surface area (Å²) in [6, 6.07) is 0. The number of rotatable bonds is 2. The fraction of sp³-hybridized carbons (Fsp3) is 0.500. The summed E-state index contributed by atoms with van der Waals surface area (Å²) in [6.07, 6.45) is 7.90. The van der Waals surface area contributed by atoms with Crippen molar-refractivity contribution in [2.75, 3.05) is 0 Å². The molecule has 0 heterocycles. The van der Waals surface area contributed by atoms with E-state index in [0.29, 0.717) is 0 Å². The van der Waals surface area contributed by atoms with Gasteiger partial charge in [-0.1, -0.05) is 35.0 Å². The predicted octanol–water partition coefficient (Wildman–Crippen LogP) is 2.51. The first-order valence-electron chi connectivity index (χ1n) is 4.41. The van der Waals surface area contributed by atoms with Gasteiger partial charge in [0.1, 0.15) is 0 Å². The third-order valence-corrected chi connectivity index (χ3v) is 2.87. The molecule has 0 radical (unpaired) electrons. The van der Waals surface area contributed by atoms with Crippen LogP contribution in [0.15, 0.2) is 22.7 Å². The van der Waals surface area contributed by atoms with Crippen LogP contribution in [0.3, 0.4) is 0 Å². The van der Waals surface area contributed by atoms with E-state index in [4.69, 9.17) is 0 Å². The van der Waals surface area contributed by atoms with E-state index in [1.807, 2.05) is 6.08 Å². The van der Waals surface area contributed by atoms with Gasteiger partial charge in [-0.15, -0.1) is 0 Å². The Bertz CT molecular complexity index is 270. The lowest BCUT2D eigenvalue weighted by Crippen LogP contribution is -2.45. The molecule has 0 saturated heterocycles. The lowest BCUT2D eigenvalue weighted by Gasteiger charge is -2.31. The second-order valence-corrected chi connectivity index (χ2v) is 4.23. The molecule has 0 aromatic rings. The Morgan fingerprint density at radius 3 is 2.85 bits per heavy atom. The maximum Gasteiger partial charge on any atom is 0.217 e. The largest absolute Gasteiger partial charge is 0.347 e. The Balaban J connectivity index is 2.74. The summed E-state index contributed by atoms with van der Waals surface area (Å²) in [7, 11) is 0. The maximum atomic E-state index is 11.0. The normalized spacial score (nSPS) is 26.8. The van der Waals surface area contributed by atoms with Crippen molar-refractivity contribution in [2.45, 2.75) is 32.2 Å². The van der Waals surface area contributed by atoms with E-state index in [0.717, 1.165) is 17.3 Å². The molecule has 1 aliphatic rings. The lowest BCUT2D eigenvalue weighted by atomic mass is 9.88. The third-order valence-electron chi connectivity index (χ3n) is 2.28.